The number of benzene rings is 1. The van der Waals surface area contributed by atoms with E-state index in [0.717, 1.165) is 36.7 Å². The highest BCUT2D eigenvalue weighted by atomic mass is 32.2. The van der Waals surface area contributed by atoms with E-state index in [2.05, 4.69) is 19.6 Å². The summed E-state index contributed by atoms with van der Waals surface area (Å²) < 4.78 is 118. The van der Waals surface area contributed by atoms with Crippen LogP contribution in [0, 0.1) is 11.6 Å². The zero-order valence-corrected chi connectivity index (χ0v) is 21.9. The minimum Gasteiger partial charge on any atom is -0.464 e. The molecule has 0 bridgehead atoms. The highest BCUT2D eigenvalue weighted by Crippen LogP contribution is 2.35. The average Bonchev–Trinajstić information content (AvgIpc) is 3.35. The Kier molecular flexibility index (Phi) is 7.94. The van der Waals surface area contributed by atoms with Gasteiger partial charge in [0.05, 0.1) is 33.3 Å². The van der Waals surface area contributed by atoms with Crippen LogP contribution in [0.5, 0.6) is 0 Å². The number of nitrogens with one attached hydrogen (secondary N) is 1. The summed E-state index contributed by atoms with van der Waals surface area (Å²) in [6.45, 7) is 1.23. The lowest BCUT2D eigenvalue weighted by Crippen LogP contribution is -2.25. The second-order valence-electron chi connectivity index (χ2n) is 8.80. The van der Waals surface area contributed by atoms with Crippen LogP contribution in [0.2, 0.25) is 0 Å². The van der Waals surface area contributed by atoms with E-state index in [9.17, 15) is 39.7 Å². The maximum atomic E-state index is 14.7. The molecule has 4 rings (SSSR count). The molecule has 0 aliphatic heterocycles. The van der Waals surface area contributed by atoms with E-state index in [1.165, 1.54) is 25.3 Å². The topological polar surface area (TPSA) is 97.5 Å². The molecule has 0 spiro atoms. The van der Waals surface area contributed by atoms with Gasteiger partial charge in [-0.1, -0.05) is 6.08 Å². The van der Waals surface area contributed by atoms with Crippen molar-refractivity contribution < 1.29 is 44.2 Å². The van der Waals surface area contributed by atoms with Gasteiger partial charge in [0.15, 0.2) is 0 Å². The van der Waals surface area contributed by atoms with Gasteiger partial charge in [-0.15, -0.1) is 0 Å². The summed E-state index contributed by atoms with van der Waals surface area (Å²) in [4.78, 5) is 19.1. The summed E-state index contributed by atoms with van der Waals surface area (Å²) in [7, 11) is -3.77. The first-order chi connectivity index (χ1) is 19.1. The lowest BCUT2D eigenvalue weighted by Gasteiger charge is -2.14. The minimum absolute atomic E-state index is 0.0246. The van der Waals surface area contributed by atoms with Gasteiger partial charge in [0.1, 0.15) is 34.5 Å². The van der Waals surface area contributed by atoms with Crippen LogP contribution >= 0.6 is 0 Å². The summed E-state index contributed by atoms with van der Waals surface area (Å²) in [6.07, 6.45) is -1.01. The third-order valence-corrected chi connectivity index (χ3v) is 6.93. The summed E-state index contributed by atoms with van der Waals surface area (Å²) in [5.41, 5.74) is -1.69. The molecule has 0 saturated heterocycles. The number of aromatic nitrogens is 2. The van der Waals surface area contributed by atoms with Crippen molar-refractivity contribution in [2.75, 3.05) is 11.6 Å². The second kappa shape index (κ2) is 11.0. The molecule has 1 aromatic carbocycles. The highest BCUT2D eigenvalue weighted by molar-refractivity contribution is 7.92. The number of nitrogens with zero attached hydrogens (tertiary/aromatic N) is 3. The quantitative estimate of drug-likeness (QED) is 0.177. The molecule has 1 unspecified atom stereocenters. The monoisotopic (exact) mass is 600 g/mol. The van der Waals surface area contributed by atoms with Crippen molar-refractivity contribution in [2.24, 2.45) is 4.36 Å². The molecule has 4 aromatic rings. The Morgan fingerprint density at radius 1 is 1.05 bits per heavy atom. The van der Waals surface area contributed by atoms with Crippen LogP contribution in [0.15, 0.2) is 69.8 Å². The van der Waals surface area contributed by atoms with E-state index in [1.54, 1.807) is 0 Å². The van der Waals surface area contributed by atoms with Gasteiger partial charge in [0.2, 0.25) is 0 Å². The number of carbonyl (C=O) groups is 1. The van der Waals surface area contributed by atoms with Crippen molar-refractivity contribution in [3.05, 3.63) is 83.9 Å². The van der Waals surface area contributed by atoms with Gasteiger partial charge in [0.25, 0.3) is 0 Å². The van der Waals surface area contributed by atoms with Crippen molar-refractivity contribution in [3.8, 4) is 11.1 Å². The van der Waals surface area contributed by atoms with Crippen molar-refractivity contribution in [1.29, 1.82) is 0 Å². The predicted molar refractivity (Wildman–Crippen MR) is 137 cm³/mol. The number of amides is 1. The van der Waals surface area contributed by atoms with E-state index in [0.29, 0.717) is 6.07 Å². The lowest BCUT2D eigenvalue weighted by molar-refractivity contribution is -0.141. The van der Waals surface area contributed by atoms with Crippen LogP contribution < -0.4 is 5.32 Å². The first kappa shape index (κ1) is 29.7. The number of rotatable bonds is 7. The molecule has 0 aliphatic rings. The number of fused-ring (bicyclic) bond motifs is 1. The fourth-order valence-electron chi connectivity index (χ4n) is 3.82. The third-order valence-electron chi connectivity index (χ3n) is 5.51. The molecule has 7 nitrogen and oxygen atoms in total. The van der Waals surface area contributed by atoms with Crippen molar-refractivity contribution >= 4 is 38.2 Å². The Hall–Kier alpha value is -4.27. The maximum absolute atomic E-state index is 14.7. The van der Waals surface area contributed by atoms with Gasteiger partial charge in [-0.25, -0.2) is 23.0 Å². The van der Waals surface area contributed by atoms with E-state index in [1.807, 2.05) is 0 Å². The molecule has 41 heavy (non-hydrogen) atoms. The predicted octanol–water partition coefficient (Wildman–Crippen LogP) is 7.27. The third kappa shape index (κ3) is 6.73. The SMILES string of the molecule is C/C=C/C(F)(F)C(=O)N=S(C)(=O)Cc1cc(Nc2cc(-c3ccc(F)c4ccoc34)c(F)cn2)nc(C(F)(F)F)c1. The molecule has 1 amide bonds. The first-order valence-corrected chi connectivity index (χ1v) is 13.6. The van der Waals surface area contributed by atoms with Gasteiger partial charge >= 0.3 is 18.0 Å². The molecule has 0 fully saturated rings. The number of alkyl halides is 5. The Labute approximate surface area is 228 Å². The zero-order valence-electron chi connectivity index (χ0n) is 21.1. The van der Waals surface area contributed by atoms with Crippen LogP contribution in [-0.4, -0.2) is 32.3 Å². The Morgan fingerprint density at radius 3 is 2.46 bits per heavy atom. The zero-order chi connectivity index (χ0) is 30.2. The number of carbonyl (C=O) groups excluding carboxylic acids is 1. The molecular weight excluding hydrogens is 581 g/mol. The van der Waals surface area contributed by atoms with Crippen LogP contribution in [-0.2, 0) is 26.5 Å². The molecule has 0 saturated carbocycles. The van der Waals surface area contributed by atoms with Gasteiger partial charge in [-0.05, 0) is 55.0 Å². The number of halogens is 7. The normalized spacial score (nSPS) is 13.9. The summed E-state index contributed by atoms with van der Waals surface area (Å²) in [5, 5.41) is 2.58. The number of hydrogen-bond acceptors (Lipinski definition) is 6. The second-order valence-corrected chi connectivity index (χ2v) is 11.2. The van der Waals surface area contributed by atoms with Crippen molar-refractivity contribution in [1.82, 2.24) is 9.97 Å². The summed E-state index contributed by atoms with van der Waals surface area (Å²) in [5.74, 6) is -8.97. The molecule has 3 heterocycles. The maximum Gasteiger partial charge on any atom is 0.433 e. The summed E-state index contributed by atoms with van der Waals surface area (Å²) >= 11 is 0. The Bertz CT molecular complexity index is 1790. The number of furan rings is 1. The van der Waals surface area contributed by atoms with Crippen molar-refractivity contribution in [3.63, 3.8) is 0 Å². The van der Waals surface area contributed by atoms with E-state index in [4.69, 9.17) is 4.42 Å². The highest BCUT2D eigenvalue weighted by Gasteiger charge is 2.37. The molecular formula is C26H19F7N4O3S. The van der Waals surface area contributed by atoms with E-state index in [-0.39, 0.29) is 39.6 Å². The number of allylic oxidation sites excluding steroid dienone is 1. The van der Waals surface area contributed by atoms with Gasteiger partial charge < -0.3 is 9.73 Å². The van der Waals surface area contributed by atoms with E-state index >= 15 is 0 Å². The molecule has 1 N–H and O–H groups in total. The molecule has 216 valence electrons. The number of hydrogen-bond donors (Lipinski definition) is 1. The molecule has 3 aromatic heterocycles. The van der Waals surface area contributed by atoms with Crippen LogP contribution in [0.1, 0.15) is 18.2 Å². The van der Waals surface area contributed by atoms with Crippen LogP contribution in [0.3, 0.4) is 0 Å². The fourth-order valence-corrected chi connectivity index (χ4v) is 5.14. The number of pyridine rings is 2. The first-order valence-electron chi connectivity index (χ1n) is 11.5. The van der Waals surface area contributed by atoms with Crippen LogP contribution in [0.25, 0.3) is 22.1 Å². The largest absolute Gasteiger partial charge is 0.464 e. The van der Waals surface area contributed by atoms with Gasteiger partial charge in [-0.2, -0.15) is 26.3 Å². The van der Waals surface area contributed by atoms with E-state index < -0.39 is 56.6 Å². The lowest BCUT2D eigenvalue weighted by atomic mass is 10.0. The Morgan fingerprint density at radius 2 is 1.78 bits per heavy atom. The average molecular weight is 601 g/mol. The van der Waals surface area contributed by atoms with Crippen LogP contribution in [0.4, 0.5) is 42.4 Å². The molecule has 15 heteroatoms. The fraction of sp³-hybridized carbons (Fsp3) is 0.192. The Balaban J connectivity index is 1.72. The minimum atomic E-state index is -4.98. The van der Waals surface area contributed by atoms with Gasteiger partial charge in [0, 0.05) is 17.4 Å². The summed E-state index contributed by atoms with van der Waals surface area (Å²) in [6, 6.07) is 6.38. The smallest absolute Gasteiger partial charge is 0.433 e. The molecule has 0 aliphatic carbocycles. The standard InChI is InChI=1S/C26H19F7N4O3S/c1-3-7-25(29,30)24(38)37-41(2,39)13-14-9-20(26(31,32)33)35-22(10-14)36-21-11-17(19(28)12-34-21)15-4-5-18(27)16-6-8-40-23(15)16/h3-12H,13H2,1-2H3,(H,34,35,36)/b7-3+. The van der Waals surface area contributed by atoms with Crippen molar-refractivity contribution in [2.45, 2.75) is 24.8 Å². The van der Waals surface area contributed by atoms with Gasteiger partial charge in [-0.3, -0.25) is 4.79 Å². The number of anilines is 2. The molecule has 1 atom stereocenters. The molecule has 0 radical (unpaired) electrons.